The van der Waals surface area contributed by atoms with Crippen molar-refractivity contribution in [2.75, 3.05) is 0 Å². The molecule has 8 nitrogen and oxygen atoms in total. The van der Waals surface area contributed by atoms with Gasteiger partial charge in [0, 0.05) is 19.3 Å². The molecule has 0 spiro atoms. The van der Waals surface area contributed by atoms with Crippen molar-refractivity contribution in [3.63, 3.8) is 0 Å². The molecule has 2 heterocycles. The van der Waals surface area contributed by atoms with E-state index in [1.807, 2.05) is 6.92 Å². The lowest BCUT2D eigenvalue weighted by molar-refractivity contribution is -0.274. The third-order valence-corrected chi connectivity index (χ3v) is 4.15. The minimum atomic E-state index is -4.78. The van der Waals surface area contributed by atoms with Crippen LogP contribution < -0.4 is 21.3 Å². The van der Waals surface area contributed by atoms with E-state index in [0.717, 1.165) is 12.1 Å². The molecular weight excluding hydrogens is 405 g/mol. The van der Waals surface area contributed by atoms with E-state index in [1.165, 1.54) is 29.0 Å². The van der Waals surface area contributed by atoms with Gasteiger partial charge in [0.05, 0.1) is 10.9 Å². The molecule has 1 amide bonds. The third-order valence-electron chi connectivity index (χ3n) is 4.15. The van der Waals surface area contributed by atoms with Crippen LogP contribution in [0, 0.1) is 0 Å². The first-order valence-electron chi connectivity index (χ1n) is 8.93. The standard InChI is InChI=1S/C19H17F3N4O4/c1-2-7-26-15-14(17(28)25-18(26)29)8-12(10-23-15)16(27)24-9-11-3-5-13(6-4-11)30-19(20,21)22/h3-6,8,10H,2,7,9H2,1H3,(H,24,27)(H,25,28,29). The first kappa shape index (κ1) is 21.1. The molecule has 0 atom stereocenters. The average Bonchev–Trinajstić information content (AvgIpc) is 2.69. The molecule has 30 heavy (non-hydrogen) atoms. The van der Waals surface area contributed by atoms with Gasteiger partial charge in [-0.25, -0.2) is 9.78 Å². The van der Waals surface area contributed by atoms with Crippen molar-refractivity contribution < 1.29 is 22.7 Å². The van der Waals surface area contributed by atoms with Crippen LogP contribution in [0.2, 0.25) is 0 Å². The summed E-state index contributed by atoms with van der Waals surface area (Å²) in [6.45, 7) is 2.26. The zero-order valence-corrected chi connectivity index (χ0v) is 15.7. The minimum Gasteiger partial charge on any atom is -0.406 e. The zero-order chi connectivity index (χ0) is 21.9. The van der Waals surface area contributed by atoms with Gasteiger partial charge in [-0.1, -0.05) is 19.1 Å². The van der Waals surface area contributed by atoms with E-state index in [0.29, 0.717) is 18.5 Å². The van der Waals surface area contributed by atoms with Crippen molar-refractivity contribution in [2.45, 2.75) is 32.8 Å². The zero-order valence-electron chi connectivity index (χ0n) is 15.7. The van der Waals surface area contributed by atoms with E-state index in [-0.39, 0.29) is 28.9 Å². The molecule has 11 heteroatoms. The van der Waals surface area contributed by atoms with Crippen molar-refractivity contribution in [2.24, 2.45) is 0 Å². The van der Waals surface area contributed by atoms with Crippen molar-refractivity contribution >= 4 is 16.9 Å². The van der Waals surface area contributed by atoms with Gasteiger partial charge in [-0.15, -0.1) is 13.2 Å². The number of carbonyl (C=O) groups is 1. The highest BCUT2D eigenvalue weighted by molar-refractivity contribution is 5.96. The molecule has 0 radical (unpaired) electrons. The second kappa shape index (κ2) is 8.39. The molecule has 0 aliphatic heterocycles. The number of aromatic amines is 1. The Morgan fingerprint density at radius 1 is 1.23 bits per heavy atom. The second-order valence-corrected chi connectivity index (χ2v) is 6.38. The molecule has 2 N–H and O–H groups in total. The van der Waals surface area contributed by atoms with Crippen LogP contribution in [0.4, 0.5) is 13.2 Å². The van der Waals surface area contributed by atoms with Crippen LogP contribution in [-0.4, -0.2) is 26.8 Å². The summed E-state index contributed by atoms with van der Waals surface area (Å²) in [5.41, 5.74) is -0.392. The van der Waals surface area contributed by atoms with Gasteiger partial charge in [0.25, 0.3) is 11.5 Å². The second-order valence-electron chi connectivity index (χ2n) is 6.38. The largest absolute Gasteiger partial charge is 0.573 e. The lowest BCUT2D eigenvalue weighted by atomic mass is 10.2. The van der Waals surface area contributed by atoms with E-state index in [4.69, 9.17) is 0 Å². The number of H-pyrrole nitrogens is 1. The Balaban J connectivity index is 1.76. The summed E-state index contributed by atoms with van der Waals surface area (Å²) in [4.78, 5) is 42.8. The molecule has 158 valence electrons. The number of benzene rings is 1. The number of rotatable bonds is 6. The first-order chi connectivity index (χ1) is 14.2. The van der Waals surface area contributed by atoms with E-state index in [1.54, 1.807) is 0 Å². The van der Waals surface area contributed by atoms with Crippen molar-refractivity contribution in [1.29, 1.82) is 0 Å². The smallest absolute Gasteiger partial charge is 0.406 e. The molecule has 1 aromatic carbocycles. The highest BCUT2D eigenvalue weighted by atomic mass is 19.4. The Morgan fingerprint density at radius 3 is 2.57 bits per heavy atom. The fraction of sp³-hybridized carbons (Fsp3) is 0.263. The SMILES string of the molecule is CCCn1c(=O)[nH]c(=O)c2cc(C(=O)NCc3ccc(OC(F)(F)F)cc3)cnc21. The number of ether oxygens (including phenoxy) is 1. The van der Waals surface area contributed by atoms with Crippen LogP contribution in [0.25, 0.3) is 11.0 Å². The number of nitrogens with one attached hydrogen (secondary N) is 2. The van der Waals surface area contributed by atoms with Crippen LogP contribution in [0.5, 0.6) is 5.75 Å². The molecule has 2 aromatic heterocycles. The Hall–Kier alpha value is -3.63. The lowest BCUT2D eigenvalue weighted by Gasteiger charge is -2.10. The fourth-order valence-electron chi connectivity index (χ4n) is 2.82. The number of pyridine rings is 1. The van der Waals surface area contributed by atoms with Crippen LogP contribution >= 0.6 is 0 Å². The van der Waals surface area contributed by atoms with Gasteiger partial charge < -0.3 is 10.1 Å². The summed E-state index contributed by atoms with van der Waals surface area (Å²) >= 11 is 0. The van der Waals surface area contributed by atoms with Crippen LogP contribution in [0.15, 0.2) is 46.1 Å². The Kier molecular flexibility index (Phi) is 5.90. The van der Waals surface area contributed by atoms with Crippen LogP contribution in [0.3, 0.4) is 0 Å². The van der Waals surface area contributed by atoms with E-state index in [9.17, 15) is 27.6 Å². The number of carbonyl (C=O) groups excluding carboxylic acids is 1. The van der Waals surface area contributed by atoms with E-state index < -0.39 is 23.5 Å². The number of aryl methyl sites for hydroxylation is 1. The average molecular weight is 422 g/mol. The van der Waals surface area contributed by atoms with Gasteiger partial charge in [-0.2, -0.15) is 0 Å². The van der Waals surface area contributed by atoms with Crippen molar-refractivity contribution in [3.8, 4) is 5.75 Å². The fourth-order valence-corrected chi connectivity index (χ4v) is 2.82. The number of nitrogens with zero attached hydrogens (tertiary/aromatic N) is 2. The number of halogens is 3. The molecule has 0 aliphatic rings. The maximum atomic E-state index is 12.4. The topological polar surface area (TPSA) is 106 Å². The molecule has 3 aromatic rings. The monoisotopic (exact) mass is 422 g/mol. The Bertz CT molecular complexity index is 1180. The first-order valence-corrected chi connectivity index (χ1v) is 8.93. The molecule has 0 aliphatic carbocycles. The number of hydrogen-bond donors (Lipinski definition) is 2. The summed E-state index contributed by atoms with van der Waals surface area (Å²) < 4.78 is 41.7. The van der Waals surface area contributed by atoms with Crippen LogP contribution in [-0.2, 0) is 13.1 Å². The van der Waals surface area contributed by atoms with Gasteiger partial charge in [-0.05, 0) is 30.2 Å². The predicted octanol–water partition coefficient (Wildman–Crippen LogP) is 2.32. The quantitative estimate of drug-likeness (QED) is 0.634. The number of aromatic nitrogens is 3. The van der Waals surface area contributed by atoms with Gasteiger partial charge in [-0.3, -0.25) is 19.1 Å². The number of fused-ring (bicyclic) bond motifs is 1. The third kappa shape index (κ3) is 4.85. The Labute approximate surface area is 167 Å². The summed E-state index contributed by atoms with van der Waals surface area (Å²) in [5, 5.41) is 2.70. The van der Waals surface area contributed by atoms with Crippen LogP contribution in [0.1, 0.15) is 29.3 Å². The molecule has 3 rings (SSSR count). The molecule has 0 saturated heterocycles. The highest BCUT2D eigenvalue weighted by Gasteiger charge is 2.30. The van der Waals surface area contributed by atoms with Gasteiger partial charge in [0.15, 0.2) is 0 Å². The van der Waals surface area contributed by atoms with E-state index >= 15 is 0 Å². The predicted molar refractivity (Wildman–Crippen MR) is 101 cm³/mol. The maximum Gasteiger partial charge on any atom is 0.573 e. The molecule has 0 fully saturated rings. The Morgan fingerprint density at radius 2 is 1.93 bits per heavy atom. The van der Waals surface area contributed by atoms with Crippen molar-refractivity contribution in [3.05, 3.63) is 68.5 Å². The summed E-state index contributed by atoms with van der Waals surface area (Å²) in [6.07, 6.45) is -2.88. The summed E-state index contributed by atoms with van der Waals surface area (Å²) in [7, 11) is 0. The summed E-state index contributed by atoms with van der Waals surface area (Å²) in [6, 6.07) is 6.38. The number of hydrogen-bond acceptors (Lipinski definition) is 5. The molecule has 0 unspecified atom stereocenters. The van der Waals surface area contributed by atoms with Gasteiger partial charge >= 0.3 is 12.1 Å². The summed E-state index contributed by atoms with van der Waals surface area (Å²) in [5.74, 6) is -0.902. The van der Waals surface area contributed by atoms with E-state index in [2.05, 4.69) is 20.0 Å². The number of amides is 1. The number of alkyl halides is 3. The maximum absolute atomic E-state index is 12.4. The highest BCUT2D eigenvalue weighted by Crippen LogP contribution is 2.22. The van der Waals surface area contributed by atoms with Gasteiger partial charge in [0.1, 0.15) is 11.4 Å². The molecule has 0 saturated carbocycles. The normalized spacial score (nSPS) is 11.5. The van der Waals surface area contributed by atoms with Crippen molar-refractivity contribution in [1.82, 2.24) is 19.9 Å². The van der Waals surface area contributed by atoms with Gasteiger partial charge in [0.2, 0.25) is 0 Å². The molecule has 0 bridgehead atoms. The minimum absolute atomic E-state index is 0.0366. The lowest BCUT2D eigenvalue weighted by Crippen LogP contribution is -2.31. The molecular formula is C19H17F3N4O4.